The molecule has 1 aromatic rings. The molecule has 114 valence electrons. The van der Waals surface area contributed by atoms with Crippen molar-refractivity contribution in [1.82, 2.24) is 5.32 Å². The average molecular weight is 295 g/mol. The van der Waals surface area contributed by atoms with E-state index in [1.807, 2.05) is 0 Å². The number of carboxylic acids is 1. The highest BCUT2D eigenvalue weighted by molar-refractivity contribution is 5.95. The molecular weight excluding hydrogens is 278 g/mol. The van der Waals surface area contributed by atoms with E-state index in [4.69, 9.17) is 5.11 Å². The topological polar surface area (TPSA) is 113 Å². The molecule has 0 aliphatic carbocycles. The molecule has 1 rings (SSSR count). The quantitative estimate of drug-likeness (QED) is 0.578. The van der Waals surface area contributed by atoms with Crippen molar-refractivity contribution < 1.29 is 19.6 Å². The van der Waals surface area contributed by atoms with Crippen LogP contribution in [0.5, 0.6) is 0 Å². The highest BCUT2D eigenvalue weighted by atomic mass is 16.6. The Labute approximate surface area is 121 Å². The predicted octanol–water partition coefficient (Wildman–Crippen LogP) is 1.26. The summed E-state index contributed by atoms with van der Waals surface area (Å²) < 4.78 is 0. The van der Waals surface area contributed by atoms with Gasteiger partial charge in [0.15, 0.2) is 0 Å². The van der Waals surface area contributed by atoms with E-state index >= 15 is 0 Å². The van der Waals surface area contributed by atoms with Crippen molar-refractivity contribution in [3.05, 3.63) is 33.9 Å². The Morgan fingerprint density at radius 3 is 2.62 bits per heavy atom. The molecule has 8 nitrogen and oxygen atoms in total. The number of amides is 1. The lowest BCUT2D eigenvalue weighted by molar-refractivity contribution is -0.384. The van der Waals surface area contributed by atoms with E-state index in [0.29, 0.717) is 6.54 Å². The number of nitro benzene ring substituents is 1. The van der Waals surface area contributed by atoms with Gasteiger partial charge in [0.25, 0.3) is 11.6 Å². The standard InChI is InChI=1S/C13H17N3O5/c1-3-14-13(19)9-4-5-10(11(8-9)16(20)21)15(2)7-6-12(17)18/h4-5,8H,3,6-7H2,1-2H3,(H,14,19)(H,17,18). The summed E-state index contributed by atoms with van der Waals surface area (Å²) >= 11 is 0. The zero-order valence-corrected chi connectivity index (χ0v) is 11.8. The lowest BCUT2D eigenvalue weighted by atomic mass is 10.1. The average Bonchev–Trinajstić information content (AvgIpc) is 2.44. The molecule has 8 heteroatoms. The van der Waals surface area contributed by atoms with Crippen molar-refractivity contribution in [1.29, 1.82) is 0 Å². The summed E-state index contributed by atoms with van der Waals surface area (Å²) in [4.78, 5) is 34.3. The van der Waals surface area contributed by atoms with Crippen LogP contribution in [0.15, 0.2) is 18.2 Å². The monoisotopic (exact) mass is 295 g/mol. The van der Waals surface area contributed by atoms with Crippen LogP contribution in [0.2, 0.25) is 0 Å². The smallest absolute Gasteiger partial charge is 0.305 e. The second-order valence-electron chi connectivity index (χ2n) is 4.39. The lowest BCUT2D eigenvalue weighted by Gasteiger charge is -2.18. The number of nitrogens with zero attached hydrogens (tertiary/aromatic N) is 2. The van der Waals surface area contributed by atoms with Crippen LogP contribution >= 0.6 is 0 Å². The minimum Gasteiger partial charge on any atom is -0.481 e. The summed E-state index contributed by atoms with van der Waals surface area (Å²) in [6.07, 6.45) is -0.133. The van der Waals surface area contributed by atoms with Gasteiger partial charge >= 0.3 is 5.97 Å². The van der Waals surface area contributed by atoms with Crippen molar-refractivity contribution in [3.63, 3.8) is 0 Å². The van der Waals surface area contributed by atoms with Crippen LogP contribution in [0.1, 0.15) is 23.7 Å². The first-order valence-electron chi connectivity index (χ1n) is 6.36. The maximum atomic E-state index is 11.7. The molecule has 0 fully saturated rings. The van der Waals surface area contributed by atoms with Crippen LogP contribution in [0, 0.1) is 10.1 Å². The van der Waals surface area contributed by atoms with Crippen molar-refractivity contribution in [2.24, 2.45) is 0 Å². The van der Waals surface area contributed by atoms with Gasteiger partial charge in [-0.25, -0.2) is 0 Å². The number of hydrogen-bond donors (Lipinski definition) is 2. The molecule has 1 aromatic carbocycles. The Morgan fingerprint density at radius 1 is 1.43 bits per heavy atom. The number of nitrogens with one attached hydrogen (secondary N) is 1. The first-order valence-corrected chi connectivity index (χ1v) is 6.36. The van der Waals surface area contributed by atoms with E-state index < -0.39 is 10.9 Å². The number of aliphatic carboxylic acids is 1. The fourth-order valence-electron chi connectivity index (χ4n) is 1.78. The molecule has 0 aromatic heterocycles. The lowest BCUT2D eigenvalue weighted by Crippen LogP contribution is -2.24. The molecule has 1 amide bonds. The van der Waals surface area contributed by atoms with E-state index in [0.717, 1.165) is 0 Å². The number of anilines is 1. The molecule has 0 bridgehead atoms. The molecule has 0 saturated heterocycles. The molecule has 0 saturated carbocycles. The third-order valence-corrected chi connectivity index (χ3v) is 2.84. The molecule has 0 heterocycles. The molecular formula is C13H17N3O5. The van der Waals surface area contributed by atoms with Crippen molar-refractivity contribution in [3.8, 4) is 0 Å². The molecule has 0 aliphatic heterocycles. The van der Waals surface area contributed by atoms with Crippen LogP contribution in [0.4, 0.5) is 11.4 Å². The van der Waals surface area contributed by atoms with E-state index in [1.165, 1.54) is 23.1 Å². The van der Waals surface area contributed by atoms with Gasteiger partial charge in [0.2, 0.25) is 0 Å². The third-order valence-electron chi connectivity index (χ3n) is 2.84. The molecule has 2 N–H and O–H groups in total. The SMILES string of the molecule is CCNC(=O)c1ccc(N(C)CCC(=O)O)c([N+](=O)[O-])c1. The number of benzene rings is 1. The Kier molecular flexibility index (Phi) is 5.65. The summed E-state index contributed by atoms with van der Waals surface area (Å²) in [6.45, 7) is 2.31. The first-order chi connectivity index (χ1) is 9.86. The highest BCUT2D eigenvalue weighted by Gasteiger charge is 2.20. The van der Waals surface area contributed by atoms with E-state index in [1.54, 1.807) is 14.0 Å². The molecule has 0 radical (unpaired) electrons. The Morgan fingerprint density at radius 2 is 2.10 bits per heavy atom. The van der Waals surface area contributed by atoms with Crippen LogP contribution in [0.25, 0.3) is 0 Å². The normalized spacial score (nSPS) is 10.0. The number of carbonyl (C=O) groups is 2. The Bertz CT molecular complexity index is 559. The minimum atomic E-state index is -0.983. The maximum absolute atomic E-state index is 11.7. The summed E-state index contributed by atoms with van der Waals surface area (Å²) in [5.74, 6) is -1.37. The zero-order chi connectivity index (χ0) is 16.0. The van der Waals surface area contributed by atoms with E-state index in [-0.39, 0.29) is 35.8 Å². The van der Waals surface area contributed by atoms with Crippen molar-refractivity contribution in [2.45, 2.75) is 13.3 Å². The molecule has 0 spiro atoms. The Balaban J connectivity index is 3.07. The van der Waals surface area contributed by atoms with Gasteiger partial charge < -0.3 is 15.3 Å². The van der Waals surface area contributed by atoms with Crippen LogP contribution in [-0.2, 0) is 4.79 Å². The van der Waals surface area contributed by atoms with Crippen LogP contribution in [0.3, 0.4) is 0 Å². The number of rotatable bonds is 7. The summed E-state index contributed by atoms with van der Waals surface area (Å²) in [7, 11) is 1.57. The van der Waals surface area contributed by atoms with Crippen LogP contribution in [-0.4, -0.2) is 42.0 Å². The predicted molar refractivity (Wildman–Crippen MR) is 76.6 cm³/mol. The van der Waals surface area contributed by atoms with Crippen molar-refractivity contribution in [2.75, 3.05) is 25.0 Å². The van der Waals surface area contributed by atoms with Gasteiger partial charge in [-0.3, -0.25) is 19.7 Å². The van der Waals surface area contributed by atoms with Gasteiger partial charge in [0.05, 0.1) is 11.3 Å². The van der Waals surface area contributed by atoms with Gasteiger partial charge in [0.1, 0.15) is 5.69 Å². The van der Waals surface area contributed by atoms with E-state index in [9.17, 15) is 19.7 Å². The molecule has 21 heavy (non-hydrogen) atoms. The van der Waals surface area contributed by atoms with Gasteiger partial charge in [-0.15, -0.1) is 0 Å². The number of carbonyl (C=O) groups excluding carboxylic acids is 1. The minimum absolute atomic E-state index is 0.133. The zero-order valence-electron chi connectivity index (χ0n) is 11.8. The first kappa shape index (κ1) is 16.4. The number of nitro groups is 1. The summed E-state index contributed by atoms with van der Waals surface area (Å²) in [5.41, 5.74) is 0.236. The largest absolute Gasteiger partial charge is 0.481 e. The molecule has 0 unspecified atom stereocenters. The summed E-state index contributed by atoms with van der Waals surface area (Å²) in [6, 6.07) is 4.12. The number of hydrogen-bond acceptors (Lipinski definition) is 5. The molecule has 0 atom stereocenters. The molecule has 0 aliphatic rings. The third kappa shape index (κ3) is 4.44. The second kappa shape index (κ2) is 7.22. The second-order valence-corrected chi connectivity index (χ2v) is 4.39. The summed E-state index contributed by atoms with van der Waals surface area (Å²) in [5, 5.41) is 22.3. The Hall–Kier alpha value is -2.64. The van der Waals surface area contributed by atoms with E-state index in [2.05, 4.69) is 5.32 Å². The fraction of sp³-hybridized carbons (Fsp3) is 0.385. The van der Waals surface area contributed by atoms with Gasteiger partial charge in [-0.05, 0) is 19.1 Å². The van der Waals surface area contributed by atoms with Gasteiger partial charge in [-0.1, -0.05) is 0 Å². The number of carboxylic acid groups (broad SMARTS) is 1. The van der Waals surface area contributed by atoms with Gasteiger partial charge in [-0.2, -0.15) is 0 Å². The fourth-order valence-corrected chi connectivity index (χ4v) is 1.78. The van der Waals surface area contributed by atoms with Gasteiger partial charge in [0, 0.05) is 31.8 Å². The van der Waals surface area contributed by atoms with Crippen molar-refractivity contribution >= 4 is 23.3 Å². The highest BCUT2D eigenvalue weighted by Crippen LogP contribution is 2.28. The maximum Gasteiger partial charge on any atom is 0.305 e. The van der Waals surface area contributed by atoms with Crippen LogP contribution < -0.4 is 10.2 Å².